The van der Waals surface area contributed by atoms with Crippen LogP contribution in [-0.2, 0) is 5.41 Å². The Kier molecular flexibility index (Phi) is 5.66. The highest BCUT2D eigenvalue weighted by Crippen LogP contribution is 2.52. The van der Waals surface area contributed by atoms with E-state index in [-0.39, 0.29) is 5.41 Å². The maximum absolute atomic E-state index is 2.48. The van der Waals surface area contributed by atoms with Crippen LogP contribution in [0.25, 0.3) is 109 Å². The van der Waals surface area contributed by atoms with E-state index in [1.54, 1.807) is 0 Å². The molecule has 12 rings (SSSR count). The molecule has 1 aliphatic carbocycles. The normalized spacial score (nSPS) is 13.6. The molecule has 0 bridgehead atoms. The average molecular weight is 671 g/mol. The minimum atomic E-state index is -0.139. The summed E-state index contributed by atoms with van der Waals surface area (Å²) in [7, 11) is 0. The molecule has 0 N–H and O–H groups in total. The summed E-state index contributed by atoms with van der Waals surface area (Å²) in [6.45, 7) is 4.80. The predicted molar refractivity (Wildman–Crippen MR) is 229 cm³/mol. The highest BCUT2D eigenvalue weighted by atomic mass is 14.4. The van der Waals surface area contributed by atoms with Crippen LogP contribution in [0.2, 0.25) is 0 Å². The second kappa shape index (κ2) is 10.3. The largest absolute Gasteiger partial charge is 0.0616 e. The van der Waals surface area contributed by atoms with Gasteiger partial charge in [0.2, 0.25) is 0 Å². The summed E-state index contributed by atoms with van der Waals surface area (Å²) in [5.74, 6) is 0. The minimum Gasteiger partial charge on any atom is -0.0616 e. The van der Waals surface area contributed by atoms with Crippen LogP contribution in [0.3, 0.4) is 0 Å². The van der Waals surface area contributed by atoms with Gasteiger partial charge in [0.25, 0.3) is 0 Å². The van der Waals surface area contributed by atoms with E-state index in [1.165, 1.54) is 120 Å². The van der Waals surface area contributed by atoms with Crippen molar-refractivity contribution >= 4 is 75.4 Å². The fraction of sp³-hybridized carbons (Fsp3) is 0.0566. The third kappa shape index (κ3) is 3.90. The van der Waals surface area contributed by atoms with Crippen LogP contribution in [0.4, 0.5) is 0 Å². The zero-order valence-corrected chi connectivity index (χ0v) is 29.7. The molecule has 0 heteroatoms. The van der Waals surface area contributed by atoms with Gasteiger partial charge in [-0.1, -0.05) is 166 Å². The van der Waals surface area contributed by atoms with Gasteiger partial charge in [-0.05, 0) is 138 Å². The van der Waals surface area contributed by atoms with Crippen LogP contribution in [0.1, 0.15) is 25.0 Å². The van der Waals surface area contributed by atoms with E-state index >= 15 is 0 Å². The Morgan fingerprint density at radius 1 is 0.283 bits per heavy atom. The minimum absolute atomic E-state index is 0.139. The third-order valence-electron chi connectivity index (χ3n) is 12.6. The molecular formula is C53H34. The topological polar surface area (TPSA) is 0 Å². The fourth-order valence-electron chi connectivity index (χ4n) is 9.98. The van der Waals surface area contributed by atoms with Crippen LogP contribution in [0.15, 0.2) is 170 Å². The summed E-state index contributed by atoms with van der Waals surface area (Å²) >= 11 is 0. The zero-order chi connectivity index (χ0) is 35.0. The smallest absolute Gasteiger partial charge is 0.0159 e. The molecule has 0 aliphatic heterocycles. The summed E-state index contributed by atoms with van der Waals surface area (Å²) in [6, 6.07) is 64.2. The Labute approximate surface area is 307 Å². The monoisotopic (exact) mass is 670 g/mol. The van der Waals surface area contributed by atoms with E-state index in [4.69, 9.17) is 0 Å². The molecule has 0 saturated heterocycles. The fourth-order valence-corrected chi connectivity index (χ4v) is 9.98. The lowest BCUT2D eigenvalue weighted by atomic mass is 9.80. The van der Waals surface area contributed by atoms with Crippen molar-refractivity contribution in [3.8, 4) is 33.4 Å². The first-order valence-electron chi connectivity index (χ1n) is 18.8. The maximum atomic E-state index is 2.48. The molecule has 0 radical (unpaired) electrons. The van der Waals surface area contributed by atoms with Gasteiger partial charge in [0.05, 0.1) is 0 Å². The Balaban J connectivity index is 0.987. The molecule has 0 aromatic heterocycles. The molecule has 0 amide bonds. The van der Waals surface area contributed by atoms with Gasteiger partial charge < -0.3 is 0 Å². The number of benzene rings is 11. The summed E-state index contributed by atoms with van der Waals surface area (Å²) < 4.78 is 0. The van der Waals surface area contributed by atoms with Crippen molar-refractivity contribution in [1.82, 2.24) is 0 Å². The molecule has 0 saturated carbocycles. The first kappa shape index (κ1) is 29.1. The quantitative estimate of drug-likeness (QED) is 0.127. The van der Waals surface area contributed by atoms with Gasteiger partial charge >= 0.3 is 0 Å². The molecule has 11 aromatic rings. The van der Waals surface area contributed by atoms with Crippen LogP contribution in [0.5, 0.6) is 0 Å². The standard InChI is InChI=1S/C53H34/c1-53(2)49-29-35(34-17-16-32-19-22-39-37-11-4-3-8-31(37)18-23-40(39)48(32)28-34)20-24-41(49)42-25-21-36(30-50(42)53)38-26-27-47-45-13-6-10-33-9-5-12-44(51(33)45)46-15-7-14-43(38)52(46)47/h3-30H,1-2H3. The molecule has 0 atom stereocenters. The molecular weight excluding hydrogens is 637 g/mol. The van der Waals surface area contributed by atoms with Crippen molar-refractivity contribution in [3.05, 3.63) is 181 Å². The SMILES string of the molecule is CC1(C)c2cc(-c3ccc4ccc5c6ccccc6ccc5c4c3)ccc2-c2ccc(-c3ccc4c5cccc6cccc(c7cccc3c74)c65)cc21. The third-order valence-corrected chi connectivity index (χ3v) is 12.6. The van der Waals surface area contributed by atoms with Crippen molar-refractivity contribution in [2.75, 3.05) is 0 Å². The molecule has 53 heavy (non-hydrogen) atoms. The van der Waals surface area contributed by atoms with E-state index in [1.807, 2.05) is 0 Å². The number of fused-ring (bicyclic) bond motifs is 10. The second-order valence-electron chi connectivity index (χ2n) is 15.6. The van der Waals surface area contributed by atoms with Gasteiger partial charge in [0, 0.05) is 5.41 Å². The molecule has 246 valence electrons. The average Bonchev–Trinajstić information content (AvgIpc) is 3.43. The highest BCUT2D eigenvalue weighted by Gasteiger charge is 2.36. The number of rotatable bonds is 2. The molecule has 0 unspecified atom stereocenters. The summed E-state index contributed by atoms with van der Waals surface area (Å²) in [4.78, 5) is 0. The Morgan fingerprint density at radius 2 is 0.755 bits per heavy atom. The van der Waals surface area contributed by atoms with Crippen molar-refractivity contribution in [1.29, 1.82) is 0 Å². The van der Waals surface area contributed by atoms with Crippen LogP contribution in [-0.4, -0.2) is 0 Å². The van der Waals surface area contributed by atoms with Gasteiger partial charge in [0.1, 0.15) is 0 Å². The Hall–Kier alpha value is -6.50. The number of hydrogen-bond donors (Lipinski definition) is 0. The van der Waals surface area contributed by atoms with Crippen molar-refractivity contribution in [3.63, 3.8) is 0 Å². The Morgan fingerprint density at radius 3 is 1.53 bits per heavy atom. The zero-order valence-electron chi connectivity index (χ0n) is 29.7. The van der Waals surface area contributed by atoms with Crippen molar-refractivity contribution in [2.24, 2.45) is 0 Å². The van der Waals surface area contributed by atoms with E-state index in [0.717, 1.165) is 0 Å². The van der Waals surface area contributed by atoms with Crippen LogP contribution < -0.4 is 0 Å². The molecule has 0 nitrogen and oxygen atoms in total. The molecule has 0 fully saturated rings. The van der Waals surface area contributed by atoms with Gasteiger partial charge in [0.15, 0.2) is 0 Å². The lowest BCUT2D eigenvalue weighted by molar-refractivity contribution is 0.661. The van der Waals surface area contributed by atoms with Gasteiger partial charge in [-0.15, -0.1) is 0 Å². The van der Waals surface area contributed by atoms with Crippen LogP contribution in [0, 0.1) is 0 Å². The lowest BCUT2D eigenvalue weighted by Crippen LogP contribution is -2.15. The predicted octanol–water partition coefficient (Wildman–Crippen LogP) is 14.8. The summed E-state index contributed by atoms with van der Waals surface area (Å²) in [6.07, 6.45) is 0. The highest BCUT2D eigenvalue weighted by molar-refractivity contribution is 6.34. The van der Waals surface area contributed by atoms with E-state index in [9.17, 15) is 0 Å². The van der Waals surface area contributed by atoms with E-state index in [2.05, 4.69) is 184 Å². The summed E-state index contributed by atoms with van der Waals surface area (Å²) in [5.41, 5.74) is 10.4. The Bertz CT molecular complexity index is 3310. The molecule has 11 aromatic carbocycles. The van der Waals surface area contributed by atoms with E-state index in [0.29, 0.717) is 0 Å². The van der Waals surface area contributed by atoms with Crippen molar-refractivity contribution in [2.45, 2.75) is 19.3 Å². The first-order chi connectivity index (χ1) is 26.0. The van der Waals surface area contributed by atoms with E-state index < -0.39 is 0 Å². The first-order valence-corrected chi connectivity index (χ1v) is 18.8. The van der Waals surface area contributed by atoms with Gasteiger partial charge in [-0.2, -0.15) is 0 Å². The lowest BCUT2D eigenvalue weighted by Gasteiger charge is -2.23. The maximum Gasteiger partial charge on any atom is 0.0159 e. The number of hydrogen-bond acceptors (Lipinski definition) is 0. The molecule has 0 spiro atoms. The molecule has 1 aliphatic rings. The van der Waals surface area contributed by atoms with Gasteiger partial charge in [-0.3, -0.25) is 0 Å². The van der Waals surface area contributed by atoms with Crippen molar-refractivity contribution < 1.29 is 0 Å². The summed E-state index contributed by atoms with van der Waals surface area (Å²) in [5, 5.41) is 18.5. The second-order valence-corrected chi connectivity index (χ2v) is 15.6. The van der Waals surface area contributed by atoms with Crippen LogP contribution >= 0.6 is 0 Å². The van der Waals surface area contributed by atoms with Gasteiger partial charge in [-0.25, -0.2) is 0 Å². The molecule has 0 heterocycles.